The number of para-hydroxylation sites is 1. The monoisotopic (exact) mass is 305 g/mol. The number of aryl methyl sites for hydroxylation is 1. The minimum atomic E-state index is -0.787. The third-order valence-electron chi connectivity index (χ3n) is 4.37. The summed E-state index contributed by atoms with van der Waals surface area (Å²) in [5.74, 6) is -0.389. The molecule has 3 rings (SSSR count). The van der Waals surface area contributed by atoms with Crippen molar-refractivity contribution in [3.05, 3.63) is 29.8 Å². The zero-order chi connectivity index (χ0) is 15.7. The smallest absolute Gasteiger partial charge is 0.320 e. The van der Waals surface area contributed by atoms with Gasteiger partial charge in [-0.15, -0.1) is 0 Å². The molecule has 0 aliphatic carbocycles. The van der Waals surface area contributed by atoms with E-state index in [1.807, 2.05) is 22.5 Å². The summed E-state index contributed by atoms with van der Waals surface area (Å²) < 4.78 is 15.9. The van der Waals surface area contributed by atoms with Crippen molar-refractivity contribution >= 4 is 17.0 Å². The fraction of sp³-hybridized carbons (Fsp3) is 0.500. The highest BCUT2D eigenvalue weighted by atomic mass is 19.1. The van der Waals surface area contributed by atoms with Gasteiger partial charge in [-0.25, -0.2) is 9.37 Å². The third-order valence-corrected chi connectivity index (χ3v) is 4.37. The van der Waals surface area contributed by atoms with E-state index < -0.39 is 12.0 Å². The van der Waals surface area contributed by atoms with Gasteiger partial charge >= 0.3 is 5.97 Å². The molecule has 1 aromatic heterocycles. The average Bonchev–Trinajstić information content (AvgIpc) is 2.86. The van der Waals surface area contributed by atoms with Crippen LogP contribution in [0.4, 0.5) is 4.39 Å². The summed E-state index contributed by atoms with van der Waals surface area (Å²) in [6.07, 6.45) is 2.59. The van der Waals surface area contributed by atoms with Crippen LogP contribution in [-0.4, -0.2) is 38.1 Å². The number of carboxylic acids is 1. The number of carboxylic acid groups (broad SMARTS) is 1. The number of halogens is 1. The quantitative estimate of drug-likeness (QED) is 0.943. The predicted octanol–water partition coefficient (Wildman–Crippen LogP) is 2.63. The van der Waals surface area contributed by atoms with Gasteiger partial charge in [0.05, 0.1) is 12.1 Å². The van der Waals surface area contributed by atoms with Crippen molar-refractivity contribution in [1.29, 1.82) is 0 Å². The minimum absolute atomic E-state index is 0.334. The van der Waals surface area contributed by atoms with Gasteiger partial charge in [-0.2, -0.15) is 0 Å². The van der Waals surface area contributed by atoms with Crippen molar-refractivity contribution in [3.63, 3.8) is 0 Å². The molecule has 1 N–H and O–H groups in total. The van der Waals surface area contributed by atoms with Gasteiger partial charge in [0.15, 0.2) is 5.82 Å². The average molecular weight is 305 g/mol. The lowest BCUT2D eigenvalue weighted by Crippen LogP contribution is -2.44. The molecule has 1 aliphatic rings. The van der Waals surface area contributed by atoms with Crippen LogP contribution in [-0.2, 0) is 17.9 Å². The summed E-state index contributed by atoms with van der Waals surface area (Å²) in [5.41, 5.74) is 1.13. The van der Waals surface area contributed by atoms with Gasteiger partial charge in [0.1, 0.15) is 17.4 Å². The van der Waals surface area contributed by atoms with Crippen molar-refractivity contribution in [2.24, 2.45) is 0 Å². The van der Waals surface area contributed by atoms with E-state index >= 15 is 0 Å². The molecule has 2 aromatic rings. The van der Waals surface area contributed by atoms with Gasteiger partial charge in [-0.1, -0.05) is 12.5 Å². The third kappa shape index (κ3) is 2.59. The number of nitrogens with zero attached hydrogens (tertiary/aromatic N) is 3. The summed E-state index contributed by atoms with van der Waals surface area (Å²) in [5, 5.41) is 9.37. The summed E-state index contributed by atoms with van der Waals surface area (Å²) in [6.45, 7) is 3.85. The number of aliphatic carboxylic acids is 1. The van der Waals surface area contributed by atoms with Crippen molar-refractivity contribution in [1.82, 2.24) is 14.5 Å². The topological polar surface area (TPSA) is 58.4 Å². The van der Waals surface area contributed by atoms with Gasteiger partial charge in [0.25, 0.3) is 0 Å². The largest absolute Gasteiger partial charge is 0.480 e. The van der Waals surface area contributed by atoms with E-state index in [2.05, 4.69) is 4.98 Å². The number of imidazole rings is 1. The van der Waals surface area contributed by atoms with E-state index in [9.17, 15) is 14.3 Å². The number of carbonyl (C=O) groups is 1. The molecule has 1 fully saturated rings. The molecule has 1 saturated heterocycles. The van der Waals surface area contributed by atoms with Gasteiger partial charge in [0, 0.05) is 6.54 Å². The van der Waals surface area contributed by atoms with Gasteiger partial charge in [0.2, 0.25) is 0 Å². The van der Waals surface area contributed by atoms with Crippen molar-refractivity contribution in [2.45, 2.75) is 45.3 Å². The molecule has 22 heavy (non-hydrogen) atoms. The minimum Gasteiger partial charge on any atom is -0.480 e. The Morgan fingerprint density at radius 3 is 3.00 bits per heavy atom. The van der Waals surface area contributed by atoms with Crippen LogP contribution in [0.15, 0.2) is 18.2 Å². The molecule has 118 valence electrons. The van der Waals surface area contributed by atoms with E-state index in [0.29, 0.717) is 25.0 Å². The van der Waals surface area contributed by atoms with Crippen LogP contribution in [0.2, 0.25) is 0 Å². The lowest BCUT2D eigenvalue weighted by atomic mass is 10.0. The molecule has 1 atom stereocenters. The van der Waals surface area contributed by atoms with Gasteiger partial charge in [-0.05, 0) is 38.4 Å². The molecule has 0 radical (unpaired) electrons. The second kappa shape index (κ2) is 6.04. The van der Waals surface area contributed by atoms with Crippen LogP contribution < -0.4 is 0 Å². The van der Waals surface area contributed by atoms with E-state index in [1.54, 1.807) is 6.07 Å². The molecular formula is C16H20FN3O2. The van der Waals surface area contributed by atoms with Crippen LogP contribution in [0.1, 0.15) is 32.0 Å². The number of hydrogen-bond donors (Lipinski definition) is 1. The maximum Gasteiger partial charge on any atom is 0.320 e. The fourth-order valence-corrected chi connectivity index (χ4v) is 3.28. The zero-order valence-corrected chi connectivity index (χ0v) is 12.6. The molecule has 2 heterocycles. The fourth-order valence-electron chi connectivity index (χ4n) is 3.28. The first-order valence-corrected chi connectivity index (χ1v) is 7.72. The van der Waals surface area contributed by atoms with Crippen LogP contribution in [0.5, 0.6) is 0 Å². The van der Waals surface area contributed by atoms with Crippen LogP contribution >= 0.6 is 0 Å². The first-order chi connectivity index (χ1) is 10.6. The number of benzene rings is 1. The van der Waals surface area contributed by atoms with Crippen LogP contribution in [0.3, 0.4) is 0 Å². The normalized spacial score (nSPS) is 19.6. The van der Waals surface area contributed by atoms with Gasteiger partial charge in [-0.3, -0.25) is 9.69 Å². The molecule has 0 spiro atoms. The molecule has 1 aromatic carbocycles. The van der Waals surface area contributed by atoms with Gasteiger partial charge < -0.3 is 9.67 Å². The first-order valence-electron chi connectivity index (χ1n) is 7.72. The SMILES string of the molecule is CCn1c(CN2CCCCC2C(=O)O)nc2c(F)cccc21. The zero-order valence-electron chi connectivity index (χ0n) is 12.6. The maximum absolute atomic E-state index is 13.9. The summed E-state index contributed by atoms with van der Waals surface area (Å²) in [7, 11) is 0. The van der Waals surface area contributed by atoms with E-state index in [-0.39, 0.29) is 5.82 Å². The molecule has 1 aliphatic heterocycles. The molecule has 5 nitrogen and oxygen atoms in total. The van der Waals surface area contributed by atoms with E-state index in [1.165, 1.54) is 6.07 Å². The lowest BCUT2D eigenvalue weighted by Gasteiger charge is -2.32. The predicted molar refractivity (Wildman–Crippen MR) is 81.0 cm³/mol. The second-order valence-electron chi connectivity index (χ2n) is 5.70. The van der Waals surface area contributed by atoms with Crippen molar-refractivity contribution < 1.29 is 14.3 Å². The van der Waals surface area contributed by atoms with E-state index in [0.717, 1.165) is 30.7 Å². The molecule has 1 unspecified atom stereocenters. The Morgan fingerprint density at radius 1 is 1.45 bits per heavy atom. The first kappa shape index (κ1) is 15.0. The standard InChI is InChI=1S/C16H20FN3O2/c1-2-20-12-8-5-6-11(17)15(12)18-14(20)10-19-9-4-3-7-13(19)16(21)22/h5-6,8,13H,2-4,7,9-10H2,1H3,(H,21,22). The number of hydrogen-bond acceptors (Lipinski definition) is 3. The molecule has 6 heteroatoms. The van der Waals surface area contributed by atoms with Crippen molar-refractivity contribution in [3.8, 4) is 0 Å². The Balaban J connectivity index is 1.96. The summed E-state index contributed by atoms with van der Waals surface area (Å²) >= 11 is 0. The Kier molecular flexibility index (Phi) is 4.11. The molecule has 0 bridgehead atoms. The number of likely N-dealkylation sites (tertiary alicyclic amines) is 1. The number of fused-ring (bicyclic) bond motifs is 1. The molecular weight excluding hydrogens is 285 g/mol. The highest BCUT2D eigenvalue weighted by Crippen LogP contribution is 2.23. The number of rotatable bonds is 4. The van der Waals surface area contributed by atoms with Crippen LogP contribution in [0, 0.1) is 5.82 Å². The Morgan fingerprint density at radius 2 is 2.27 bits per heavy atom. The Bertz CT molecular complexity index is 698. The molecule has 0 saturated carbocycles. The number of piperidine rings is 1. The molecule has 0 amide bonds. The highest BCUT2D eigenvalue weighted by molar-refractivity contribution is 5.77. The lowest BCUT2D eigenvalue weighted by molar-refractivity contribution is -0.144. The maximum atomic E-state index is 13.9. The highest BCUT2D eigenvalue weighted by Gasteiger charge is 2.29. The van der Waals surface area contributed by atoms with E-state index in [4.69, 9.17) is 0 Å². The summed E-state index contributed by atoms with van der Waals surface area (Å²) in [4.78, 5) is 17.8. The summed E-state index contributed by atoms with van der Waals surface area (Å²) in [6, 6.07) is 4.46. The second-order valence-corrected chi connectivity index (χ2v) is 5.70. The number of aromatic nitrogens is 2. The van der Waals surface area contributed by atoms with Crippen LogP contribution in [0.25, 0.3) is 11.0 Å². The Labute approximate surface area is 128 Å². The van der Waals surface area contributed by atoms with Crippen molar-refractivity contribution in [2.75, 3.05) is 6.54 Å². The Hall–Kier alpha value is -1.95.